The van der Waals surface area contributed by atoms with Crippen molar-refractivity contribution in [3.05, 3.63) is 45.8 Å². The molecule has 1 aromatic rings. The van der Waals surface area contributed by atoms with Crippen LogP contribution in [-0.4, -0.2) is 12.3 Å². The Labute approximate surface area is 80.2 Å². The summed E-state index contributed by atoms with van der Waals surface area (Å²) in [6, 6.07) is 8.10. The second kappa shape index (κ2) is 4.65. The molecule has 0 saturated heterocycles. The summed E-state index contributed by atoms with van der Waals surface area (Å²) in [6.45, 7) is -0.192. The van der Waals surface area contributed by atoms with Crippen molar-refractivity contribution in [3.63, 3.8) is 0 Å². The molecule has 5 nitrogen and oxygen atoms in total. The molecular weight excluding hydrogens is 180 g/mol. The normalized spacial score (nSPS) is 8.50. The first-order valence-electron chi connectivity index (χ1n) is 3.82. The first-order valence-corrected chi connectivity index (χ1v) is 3.82. The summed E-state index contributed by atoms with van der Waals surface area (Å²) < 4.78 is 0. The van der Waals surface area contributed by atoms with Crippen LogP contribution in [0.2, 0.25) is 0 Å². The average molecular weight is 186 g/mol. The summed E-state index contributed by atoms with van der Waals surface area (Å²) in [5.41, 5.74) is 8.94. The van der Waals surface area contributed by atoms with E-state index in [0.717, 1.165) is 0 Å². The molecule has 5 heteroatoms. The van der Waals surface area contributed by atoms with E-state index in [2.05, 4.69) is 10.0 Å². The standard InChI is InChI=1S/C9H6N4O/c10-5-7-1-3-8(4-2-7)9(14)6-12-13-11/h1-4H,6H2. The Morgan fingerprint density at radius 1 is 1.50 bits per heavy atom. The lowest BCUT2D eigenvalue weighted by atomic mass is 10.1. The van der Waals surface area contributed by atoms with Crippen LogP contribution in [0.3, 0.4) is 0 Å². The predicted molar refractivity (Wildman–Crippen MR) is 49.5 cm³/mol. The Kier molecular flexibility index (Phi) is 3.25. The van der Waals surface area contributed by atoms with Crippen molar-refractivity contribution in [2.24, 2.45) is 5.11 Å². The van der Waals surface area contributed by atoms with Gasteiger partial charge in [-0.15, -0.1) is 0 Å². The lowest BCUT2D eigenvalue weighted by Crippen LogP contribution is -2.02. The van der Waals surface area contributed by atoms with Gasteiger partial charge in [0.05, 0.1) is 18.2 Å². The molecule has 14 heavy (non-hydrogen) atoms. The Balaban J connectivity index is 2.82. The Bertz CT molecular complexity index is 423. The highest BCUT2D eigenvalue weighted by Gasteiger charge is 2.03. The molecule has 0 radical (unpaired) electrons. The Morgan fingerprint density at radius 2 is 2.14 bits per heavy atom. The smallest absolute Gasteiger partial charge is 0.168 e. The van der Waals surface area contributed by atoms with Crippen molar-refractivity contribution in [2.45, 2.75) is 0 Å². The van der Waals surface area contributed by atoms with E-state index in [1.807, 2.05) is 6.07 Å². The van der Waals surface area contributed by atoms with E-state index in [9.17, 15) is 4.79 Å². The number of azide groups is 1. The fraction of sp³-hybridized carbons (Fsp3) is 0.111. The minimum atomic E-state index is -0.257. The van der Waals surface area contributed by atoms with Gasteiger partial charge in [-0.1, -0.05) is 17.2 Å². The van der Waals surface area contributed by atoms with Crippen molar-refractivity contribution >= 4 is 5.78 Å². The monoisotopic (exact) mass is 186 g/mol. The van der Waals surface area contributed by atoms with Gasteiger partial charge in [0.1, 0.15) is 0 Å². The zero-order chi connectivity index (χ0) is 10.4. The second-order valence-electron chi connectivity index (χ2n) is 2.50. The number of hydrogen-bond acceptors (Lipinski definition) is 3. The van der Waals surface area contributed by atoms with E-state index in [1.54, 1.807) is 12.1 Å². The van der Waals surface area contributed by atoms with Gasteiger partial charge in [-0.25, -0.2) is 0 Å². The van der Waals surface area contributed by atoms with Gasteiger partial charge in [-0.3, -0.25) is 4.79 Å². The minimum absolute atomic E-state index is 0.192. The van der Waals surface area contributed by atoms with E-state index in [4.69, 9.17) is 10.8 Å². The molecule has 0 heterocycles. The molecule has 0 N–H and O–H groups in total. The quantitative estimate of drug-likeness (QED) is 0.313. The zero-order valence-electron chi connectivity index (χ0n) is 7.21. The van der Waals surface area contributed by atoms with Crippen molar-refractivity contribution in [3.8, 4) is 6.07 Å². The Morgan fingerprint density at radius 3 is 2.64 bits per heavy atom. The molecule has 0 bridgehead atoms. The van der Waals surface area contributed by atoms with Crippen molar-refractivity contribution < 1.29 is 4.79 Å². The van der Waals surface area contributed by atoms with Crippen molar-refractivity contribution in [2.75, 3.05) is 6.54 Å². The molecule has 0 aromatic heterocycles. The van der Waals surface area contributed by atoms with Crippen LogP contribution in [0.25, 0.3) is 10.4 Å². The number of carbonyl (C=O) groups is 1. The molecule has 0 amide bonds. The van der Waals surface area contributed by atoms with Crippen LogP contribution < -0.4 is 0 Å². The third kappa shape index (κ3) is 2.34. The molecule has 1 aromatic carbocycles. The topological polar surface area (TPSA) is 89.6 Å². The number of ketones is 1. The second-order valence-corrected chi connectivity index (χ2v) is 2.50. The molecule has 0 fully saturated rings. The van der Waals surface area contributed by atoms with E-state index in [0.29, 0.717) is 11.1 Å². The molecule has 0 aliphatic carbocycles. The van der Waals surface area contributed by atoms with Crippen LogP contribution in [0.15, 0.2) is 29.4 Å². The number of nitriles is 1. The summed E-state index contributed by atoms with van der Waals surface area (Å²) in [5.74, 6) is -0.257. The van der Waals surface area contributed by atoms with Crippen LogP contribution in [0.1, 0.15) is 15.9 Å². The summed E-state index contributed by atoms with van der Waals surface area (Å²) in [5, 5.41) is 11.7. The molecule has 0 saturated carbocycles. The lowest BCUT2D eigenvalue weighted by molar-refractivity contribution is 0.100. The maximum absolute atomic E-state index is 11.3. The van der Waals surface area contributed by atoms with Crippen LogP contribution in [0.4, 0.5) is 0 Å². The highest BCUT2D eigenvalue weighted by molar-refractivity contribution is 5.97. The van der Waals surface area contributed by atoms with Gasteiger partial charge in [0.2, 0.25) is 0 Å². The van der Waals surface area contributed by atoms with Gasteiger partial charge in [0.15, 0.2) is 5.78 Å². The number of carbonyl (C=O) groups excluding carboxylic acids is 1. The van der Waals surface area contributed by atoms with Crippen LogP contribution in [0, 0.1) is 11.3 Å². The minimum Gasteiger partial charge on any atom is -0.294 e. The fourth-order valence-electron chi connectivity index (χ4n) is 0.918. The number of Topliss-reactive ketones (excluding diaryl/α,β-unsaturated/α-hetero) is 1. The van der Waals surface area contributed by atoms with Gasteiger partial charge in [0.25, 0.3) is 0 Å². The Hall–Kier alpha value is -2.31. The molecule has 0 spiro atoms. The van der Waals surface area contributed by atoms with E-state index < -0.39 is 0 Å². The number of nitrogens with zero attached hydrogens (tertiary/aromatic N) is 4. The third-order valence-corrected chi connectivity index (χ3v) is 1.61. The fourth-order valence-corrected chi connectivity index (χ4v) is 0.918. The van der Waals surface area contributed by atoms with Gasteiger partial charge >= 0.3 is 0 Å². The third-order valence-electron chi connectivity index (χ3n) is 1.61. The summed E-state index contributed by atoms with van der Waals surface area (Å²) in [7, 11) is 0. The van der Waals surface area contributed by atoms with E-state index in [-0.39, 0.29) is 12.3 Å². The average Bonchev–Trinajstić information content (AvgIpc) is 2.26. The van der Waals surface area contributed by atoms with E-state index in [1.165, 1.54) is 12.1 Å². The molecular formula is C9H6N4O. The molecule has 0 unspecified atom stereocenters. The number of hydrogen-bond donors (Lipinski definition) is 0. The maximum Gasteiger partial charge on any atom is 0.168 e. The molecule has 68 valence electrons. The maximum atomic E-state index is 11.3. The first kappa shape index (κ1) is 9.78. The van der Waals surface area contributed by atoms with Gasteiger partial charge in [0, 0.05) is 10.5 Å². The molecule has 0 aliphatic heterocycles. The number of benzene rings is 1. The summed E-state index contributed by atoms with van der Waals surface area (Å²) in [4.78, 5) is 13.7. The zero-order valence-corrected chi connectivity index (χ0v) is 7.21. The lowest BCUT2D eigenvalue weighted by Gasteiger charge is -1.95. The van der Waals surface area contributed by atoms with Crippen LogP contribution in [-0.2, 0) is 0 Å². The highest BCUT2D eigenvalue weighted by atomic mass is 16.1. The summed E-state index contributed by atoms with van der Waals surface area (Å²) >= 11 is 0. The number of rotatable bonds is 3. The van der Waals surface area contributed by atoms with Crippen molar-refractivity contribution in [1.29, 1.82) is 5.26 Å². The SMILES string of the molecule is N#Cc1ccc(C(=O)CN=[N+]=[N-])cc1. The van der Waals surface area contributed by atoms with Crippen LogP contribution in [0.5, 0.6) is 0 Å². The van der Waals surface area contributed by atoms with Gasteiger partial charge in [-0.2, -0.15) is 5.26 Å². The van der Waals surface area contributed by atoms with Crippen LogP contribution >= 0.6 is 0 Å². The molecule has 1 rings (SSSR count). The van der Waals surface area contributed by atoms with Crippen molar-refractivity contribution in [1.82, 2.24) is 0 Å². The van der Waals surface area contributed by atoms with Gasteiger partial charge < -0.3 is 0 Å². The van der Waals surface area contributed by atoms with E-state index >= 15 is 0 Å². The molecule has 0 aliphatic rings. The summed E-state index contributed by atoms with van der Waals surface area (Å²) in [6.07, 6.45) is 0. The highest BCUT2D eigenvalue weighted by Crippen LogP contribution is 2.04. The first-order chi connectivity index (χ1) is 6.77. The molecule has 0 atom stereocenters. The largest absolute Gasteiger partial charge is 0.294 e. The van der Waals surface area contributed by atoms with Gasteiger partial charge in [-0.05, 0) is 17.7 Å². The predicted octanol–water partition coefficient (Wildman–Crippen LogP) is 2.05.